The number of hydrogen-bond donors (Lipinski definition) is 1. The van der Waals surface area contributed by atoms with Gasteiger partial charge < -0.3 is 14.3 Å². The number of hydrogen-bond acceptors (Lipinski definition) is 4. The maximum Gasteiger partial charge on any atom is 0.344 e. The first-order chi connectivity index (χ1) is 11.5. The van der Waals surface area contributed by atoms with Crippen LogP contribution in [0.2, 0.25) is 0 Å². The van der Waals surface area contributed by atoms with Crippen LogP contribution < -0.4 is 10.4 Å². The lowest BCUT2D eigenvalue weighted by Gasteiger charge is -2.14. The fraction of sp³-hybridized carbons (Fsp3) is 0.474. The average Bonchev–Trinajstić information content (AvgIpc) is 2.55. The maximum absolute atomic E-state index is 12.2. The van der Waals surface area contributed by atoms with E-state index in [0.717, 1.165) is 35.8 Å². The summed E-state index contributed by atoms with van der Waals surface area (Å²) in [6.07, 6.45) is 3.30. The van der Waals surface area contributed by atoms with Crippen molar-refractivity contribution in [2.24, 2.45) is 0 Å². The van der Waals surface area contributed by atoms with Gasteiger partial charge in [-0.1, -0.05) is 26.7 Å². The first kappa shape index (κ1) is 18.0. The Hall–Kier alpha value is -2.30. The average molecular weight is 332 g/mol. The monoisotopic (exact) mass is 332 g/mol. The van der Waals surface area contributed by atoms with Gasteiger partial charge in [0, 0.05) is 17.0 Å². The van der Waals surface area contributed by atoms with Crippen LogP contribution in [0.15, 0.2) is 27.4 Å². The van der Waals surface area contributed by atoms with Gasteiger partial charge in [0.15, 0.2) is 6.10 Å². The highest BCUT2D eigenvalue weighted by Gasteiger charge is 2.18. The van der Waals surface area contributed by atoms with E-state index >= 15 is 0 Å². The highest BCUT2D eigenvalue weighted by molar-refractivity contribution is 5.82. The quantitative estimate of drug-likeness (QED) is 0.582. The summed E-state index contributed by atoms with van der Waals surface area (Å²) < 4.78 is 10.9. The van der Waals surface area contributed by atoms with E-state index in [1.165, 1.54) is 0 Å². The zero-order valence-electron chi connectivity index (χ0n) is 14.4. The minimum Gasteiger partial charge on any atom is -0.479 e. The number of ether oxygens (including phenoxy) is 1. The first-order valence-electron chi connectivity index (χ1n) is 8.43. The van der Waals surface area contributed by atoms with Gasteiger partial charge in [-0.2, -0.15) is 0 Å². The van der Waals surface area contributed by atoms with E-state index in [1.54, 1.807) is 19.1 Å². The van der Waals surface area contributed by atoms with Crippen LogP contribution in [-0.4, -0.2) is 17.2 Å². The van der Waals surface area contributed by atoms with Crippen molar-refractivity contribution in [2.75, 3.05) is 0 Å². The molecule has 130 valence electrons. The van der Waals surface area contributed by atoms with Crippen LogP contribution in [0.5, 0.6) is 5.75 Å². The summed E-state index contributed by atoms with van der Waals surface area (Å²) in [6.45, 7) is 5.79. The molecule has 0 saturated carbocycles. The van der Waals surface area contributed by atoms with Crippen molar-refractivity contribution >= 4 is 16.9 Å². The molecule has 0 fully saturated rings. The van der Waals surface area contributed by atoms with Crippen LogP contribution in [0.25, 0.3) is 11.0 Å². The van der Waals surface area contributed by atoms with E-state index in [0.29, 0.717) is 24.2 Å². The lowest BCUT2D eigenvalue weighted by atomic mass is 10.0. The fourth-order valence-electron chi connectivity index (χ4n) is 2.76. The third-order valence-electron chi connectivity index (χ3n) is 4.21. The highest BCUT2D eigenvalue weighted by atomic mass is 16.5. The molecule has 0 aliphatic heterocycles. The van der Waals surface area contributed by atoms with E-state index in [1.807, 2.05) is 13.0 Å². The summed E-state index contributed by atoms with van der Waals surface area (Å²) in [5.41, 5.74) is 1.75. The van der Waals surface area contributed by atoms with Crippen LogP contribution in [0, 0.1) is 6.92 Å². The smallest absolute Gasteiger partial charge is 0.344 e. The fourth-order valence-corrected chi connectivity index (χ4v) is 2.76. The zero-order valence-corrected chi connectivity index (χ0v) is 14.4. The van der Waals surface area contributed by atoms with Gasteiger partial charge in [0.25, 0.3) is 0 Å². The third kappa shape index (κ3) is 3.96. The molecule has 1 heterocycles. The molecule has 24 heavy (non-hydrogen) atoms. The van der Waals surface area contributed by atoms with Crippen molar-refractivity contribution in [3.05, 3.63) is 39.7 Å². The Morgan fingerprint density at radius 1 is 1.29 bits per heavy atom. The van der Waals surface area contributed by atoms with Gasteiger partial charge in [0.2, 0.25) is 0 Å². The SMILES string of the molecule is CCCCCc1c(C)c2ccc(O[C@@H](CC)C(=O)O)cc2oc1=O. The van der Waals surface area contributed by atoms with Gasteiger partial charge in [-0.3, -0.25) is 0 Å². The van der Waals surface area contributed by atoms with Crippen molar-refractivity contribution in [1.82, 2.24) is 0 Å². The number of aryl methyl sites for hydroxylation is 1. The Kier molecular flexibility index (Phi) is 6.01. The molecule has 0 spiro atoms. The summed E-state index contributed by atoms with van der Waals surface area (Å²) >= 11 is 0. The molecule has 1 atom stereocenters. The molecule has 1 aromatic carbocycles. The molecule has 5 heteroatoms. The predicted octanol–water partition coefficient (Wildman–Crippen LogP) is 4.08. The van der Waals surface area contributed by atoms with Gasteiger partial charge in [0.05, 0.1) is 0 Å². The molecule has 5 nitrogen and oxygen atoms in total. The molecular formula is C19H24O5. The minimum atomic E-state index is -1.01. The van der Waals surface area contributed by atoms with Gasteiger partial charge in [0.1, 0.15) is 11.3 Å². The Balaban J connectivity index is 2.35. The van der Waals surface area contributed by atoms with Crippen molar-refractivity contribution in [3.63, 3.8) is 0 Å². The van der Waals surface area contributed by atoms with E-state index in [9.17, 15) is 9.59 Å². The number of aliphatic carboxylic acids is 1. The number of carbonyl (C=O) groups is 1. The van der Waals surface area contributed by atoms with Gasteiger partial charge in [-0.05, 0) is 43.9 Å². The topological polar surface area (TPSA) is 76.7 Å². The van der Waals surface area contributed by atoms with Crippen molar-refractivity contribution in [1.29, 1.82) is 0 Å². The normalized spacial score (nSPS) is 12.3. The predicted molar refractivity (Wildman–Crippen MR) is 92.8 cm³/mol. The molecule has 0 bridgehead atoms. The second-order valence-corrected chi connectivity index (χ2v) is 5.96. The van der Waals surface area contributed by atoms with E-state index in [4.69, 9.17) is 14.3 Å². The number of fused-ring (bicyclic) bond motifs is 1. The number of unbranched alkanes of at least 4 members (excludes halogenated alkanes) is 2. The van der Waals surface area contributed by atoms with Gasteiger partial charge in [-0.25, -0.2) is 9.59 Å². The van der Waals surface area contributed by atoms with E-state index < -0.39 is 12.1 Å². The lowest BCUT2D eigenvalue weighted by molar-refractivity contribution is -0.145. The molecule has 2 aromatic rings. The molecule has 1 aromatic heterocycles. The summed E-state index contributed by atoms with van der Waals surface area (Å²) in [4.78, 5) is 23.3. The van der Waals surface area contributed by atoms with Crippen LogP contribution in [0.1, 0.15) is 50.7 Å². The minimum absolute atomic E-state index is 0.321. The maximum atomic E-state index is 12.2. The van der Waals surface area contributed by atoms with Crippen LogP contribution in [-0.2, 0) is 11.2 Å². The Bertz CT molecular complexity index is 775. The molecule has 0 unspecified atom stereocenters. The van der Waals surface area contributed by atoms with E-state index in [2.05, 4.69) is 6.92 Å². The van der Waals surface area contributed by atoms with Gasteiger partial charge in [-0.15, -0.1) is 0 Å². The van der Waals surface area contributed by atoms with E-state index in [-0.39, 0.29) is 5.63 Å². The molecule has 0 amide bonds. The third-order valence-corrected chi connectivity index (χ3v) is 4.21. The Morgan fingerprint density at radius 3 is 2.67 bits per heavy atom. The number of benzene rings is 1. The highest BCUT2D eigenvalue weighted by Crippen LogP contribution is 2.25. The molecule has 0 radical (unpaired) electrons. The second-order valence-electron chi connectivity index (χ2n) is 5.96. The number of rotatable bonds is 8. The molecule has 2 rings (SSSR count). The van der Waals surface area contributed by atoms with Crippen molar-refractivity contribution in [3.8, 4) is 5.75 Å². The summed E-state index contributed by atoms with van der Waals surface area (Å²) in [5.74, 6) is -0.625. The zero-order chi connectivity index (χ0) is 17.7. The lowest BCUT2D eigenvalue weighted by Crippen LogP contribution is -2.25. The summed E-state index contributed by atoms with van der Waals surface area (Å²) in [6, 6.07) is 5.13. The number of carboxylic acids is 1. The molecule has 0 aliphatic rings. The first-order valence-corrected chi connectivity index (χ1v) is 8.43. The second kappa shape index (κ2) is 7.99. The standard InChI is InChI=1S/C19H24O5/c1-4-6-7-8-15-12(3)14-10-9-13(11-17(14)24-19(15)22)23-16(5-2)18(20)21/h9-11,16H,4-8H2,1-3H3,(H,20,21)/t16-/m0/s1. The largest absolute Gasteiger partial charge is 0.479 e. The molecule has 1 N–H and O–H groups in total. The van der Waals surface area contributed by atoms with Crippen molar-refractivity contribution < 1.29 is 19.1 Å². The van der Waals surface area contributed by atoms with Gasteiger partial charge >= 0.3 is 11.6 Å². The molecule has 0 saturated heterocycles. The van der Waals surface area contributed by atoms with Crippen LogP contribution in [0.4, 0.5) is 0 Å². The Morgan fingerprint density at radius 2 is 2.04 bits per heavy atom. The number of carboxylic acid groups (broad SMARTS) is 1. The Labute approximate surface area is 141 Å². The van der Waals surface area contributed by atoms with Crippen LogP contribution >= 0.6 is 0 Å². The van der Waals surface area contributed by atoms with Crippen LogP contribution in [0.3, 0.4) is 0 Å². The summed E-state index contributed by atoms with van der Waals surface area (Å²) in [5, 5.41) is 9.93. The van der Waals surface area contributed by atoms with Crippen molar-refractivity contribution in [2.45, 2.75) is 59.0 Å². The molecule has 0 aliphatic carbocycles. The molecular weight excluding hydrogens is 308 g/mol. The summed E-state index contributed by atoms with van der Waals surface area (Å²) in [7, 11) is 0.